The molecule has 6 heteroatoms. The van der Waals surface area contributed by atoms with E-state index in [-0.39, 0.29) is 0 Å². The van der Waals surface area contributed by atoms with E-state index in [9.17, 15) is 0 Å². The van der Waals surface area contributed by atoms with Gasteiger partial charge in [-0.05, 0) is 131 Å². The van der Waals surface area contributed by atoms with E-state index < -0.39 is 0 Å². The van der Waals surface area contributed by atoms with E-state index in [1.807, 2.05) is 34.8 Å². The Hall–Kier alpha value is -8.42. The van der Waals surface area contributed by atoms with E-state index in [1.165, 1.54) is 61.9 Å². The first-order valence-electron chi connectivity index (χ1n) is 22.9. The summed E-state index contributed by atoms with van der Waals surface area (Å²) in [6.07, 6.45) is 0. The van der Waals surface area contributed by atoms with Crippen LogP contribution in [-0.2, 0) is 0 Å². The highest BCUT2D eigenvalue weighted by atomic mass is 32.1. The van der Waals surface area contributed by atoms with Crippen LogP contribution in [0.1, 0.15) is 0 Å². The van der Waals surface area contributed by atoms with Crippen LogP contribution in [-0.4, -0.2) is 0 Å². The summed E-state index contributed by atoms with van der Waals surface area (Å²) in [6, 6.07) is 86.2. The molecule has 0 saturated heterocycles. The summed E-state index contributed by atoms with van der Waals surface area (Å²) < 4.78 is 11.7. The van der Waals surface area contributed by atoms with E-state index in [1.54, 1.807) is 0 Å². The number of hydrogen-bond donors (Lipinski definition) is 0. The average Bonchev–Trinajstić information content (AvgIpc) is 3.96. The largest absolute Gasteiger partial charge is 0.453 e. The second-order valence-electron chi connectivity index (χ2n) is 17.4. The van der Waals surface area contributed by atoms with Crippen LogP contribution in [0.5, 0.6) is 11.5 Å². The summed E-state index contributed by atoms with van der Waals surface area (Å²) in [4.78, 5) is 7.25. The van der Waals surface area contributed by atoms with Gasteiger partial charge >= 0.3 is 0 Å². The van der Waals surface area contributed by atoms with Crippen LogP contribution in [0.25, 0.3) is 61.9 Å². The fraction of sp³-hybridized carbons (Fsp3) is 0. The summed E-state index contributed by atoms with van der Waals surface area (Å²) in [7, 11) is 0. The molecule has 0 radical (unpaired) electrons. The van der Waals surface area contributed by atoms with E-state index in [4.69, 9.17) is 4.74 Å². The molecule has 0 saturated carbocycles. The van der Waals surface area contributed by atoms with Crippen LogP contribution in [0.4, 0.5) is 51.2 Å². The molecule has 1 aliphatic rings. The molecule has 0 atom stereocenters. The highest BCUT2D eigenvalue weighted by Crippen LogP contribution is 2.53. The van der Waals surface area contributed by atoms with Crippen molar-refractivity contribution in [2.45, 2.75) is 0 Å². The van der Waals surface area contributed by atoms with Gasteiger partial charge in [-0.2, -0.15) is 0 Å². The number of nitrogens with zero attached hydrogens (tertiary/aromatic N) is 3. The lowest BCUT2D eigenvalue weighted by Crippen LogP contribution is -2.18. The van der Waals surface area contributed by atoms with Crippen molar-refractivity contribution in [3.63, 3.8) is 0 Å². The van der Waals surface area contributed by atoms with Gasteiger partial charge in [0.2, 0.25) is 0 Å². The number of fused-ring (bicyclic) bond motifs is 10. The van der Waals surface area contributed by atoms with Crippen molar-refractivity contribution in [1.82, 2.24) is 0 Å². The zero-order chi connectivity index (χ0) is 44.7. The van der Waals surface area contributed by atoms with Crippen LogP contribution in [0.15, 0.2) is 237 Å². The monoisotopic (exact) mass is 905 g/mol. The van der Waals surface area contributed by atoms with Gasteiger partial charge in [0.1, 0.15) is 0 Å². The van der Waals surface area contributed by atoms with Crippen molar-refractivity contribution in [3.05, 3.63) is 237 Å². The normalized spacial score (nSPS) is 12.2. The third-order valence-electron chi connectivity index (χ3n) is 13.3. The molecule has 0 spiro atoms. The maximum atomic E-state index is 6.62. The number of anilines is 9. The maximum absolute atomic E-state index is 6.62. The SMILES string of the molecule is c1ccc2c(c1)Oc1ccccc1N2c1cc(N(c2ccc3ccccc3c2)c2ccc3c(c2)sc2ccccc23)cc(N(c2ccc3ccccc3c2)c2ccc3sc4ccccc4c3c2)c1. The van der Waals surface area contributed by atoms with Crippen LogP contribution in [0.2, 0.25) is 0 Å². The molecule has 68 heavy (non-hydrogen) atoms. The predicted molar refractivity (Wildman–Crippen MR) is 291 cm³/mol. The number of thiophene rings is 2. The number of benzene rings is 11. The maximum Gasteiger partial charge on any atom is 0.151 e. The fourth-order valence-corrected chi connectivity index (χ4v) is 12.4. The first-order chi connectivity index (χ1) is 33.7. The Kier molecular flexibility index (Phi) is 8.90. The Morgan fingerprint density at radius 3 is 1.37 bits per heavy atom. The standard InChI is InChI=1S/C62H39N3OS2/c1-3-15-42-33-44(27-25-40(42)13-1)63(46-30-32-61-54(38-46)52-18-6-12-24-60(52)67-61)48-35-49(37-50(36-48)65-55-19-7-9-21-57(55)66-58-22-10-8-20-56(58)65)64(45-28-26-41-14-2-4-16-43(41)34-45)47-29-31-53-51-17-5-11-23-59(51)68-62(53)39-47/h1-39H. The van der Waals surface area contributed by atoms with Crippen molar-refractivity contribution in [2.75, 3.05) is 14.7 Å². The summed E-state index contributed by atoms with van der Waals surface area (Å²) in [5, 5.41) is 9.82. The summed E-state index contributed by atoms with van der Waals surface area (Å²) in [6.45, 7) is 0. The Balaban J connectivity index is 1.07. The molecule has 0 aliphatic carbocycles. The van der Waals surface area contributed by atoms with Gasteiger partial charge in [-0.25, -0.2) is 0 Å². The topological polar surface area (TPSA) is 19.0 Å². The first-order valence-corrected chi connectivity index (χ1v) is 24.5. The van der Waals surface area contributed by atoms with Gasteiger partial charge in [0.25, 0.3) is 0 Å². The number of rotatable bonds is 7. The van der Waals surface area contributed by atoms with Gasteiger partial charge in [-0.1, -0.05) is 127 Å². The highest BCUT2D eigenvalue weighted by Gasteiger charge is 2.28. The van der Waals surface area contributed by atoms with Gasteiger partial charge in [0.05, 0.1) is 28.4 Å². The average molecular weight is 906 g/mol. The van der Waals surface area contributed by atoms with Crippen molar-refractivity contribution >= 4 is 136 Å². The van der Waals surface area contributed by atoms with Crippen LogP contribution in [0.3, 0.4) is 0 Å². The van der Waals surface area contributed by atoms with Crippen molar-refractivity contribution in [2.24, 2.45) is 0 Å². The Morgan fingerprint density at radius 1 is 0.294 bits per heavy atom. The van der Waals surface area contributed by atoms with Gasteiger partial charge in [0.15, 0.2) is 11.5 Å². The van der Waals surface area contributed by atoms with E-state index in [0.29, 0.717) is 0 Å². The molecule has 0 N–H and O–H groups in total. The predicted octanol–water partition coefficient (Wildman–Crippen LogP) is 19.2. The van der Waals surface area contributed by atoms with E-state index in [2.05, 4.69) is 239 Å². The number of para-hydroxylation sites is 4. The van der Waals surface area contributed by atoms with E-state index in [0.717, 1.165) is 62.7 Å². The van der Waals surface area contributed by atoms with Crippen LogP contribution >= 0.6 is 22.7 Å². The van der Waals surface area contributed by atoms with Gasteiger partial charge < -0.3 is 19.4 Å². The molecule has 320 valence electrons. The molecule has 1 aliphatic heterocycles. The molecule has 2 aromatic heterocycles. The Labute approximate surface area is 401 Å². The third-order valence-corrected chi connectivity index (χ3v) is 15.6. The van der Waals surface area contributed by atoms with Gasteiger partial charge in [-0.15, -0.1) is 22.7 Å². The molecule has 0 unspecified atom stereocenters. The van der Waals surface area contributed by atoms with Crippen molar-refractivity contribution in [3.8, 4) is 11.5 Å². The molecular formula is C62H39N3OS2. The molecule has 4 nitrogen and oxygen atoms in total. The molecular weight excluding hydrogens is 867 g/mol. The number of ether oxygens (including phenoxy) is 1. The highest BCUT2D eigenvalue weighted by molar-refractivity contribution is 7.26. The summed E-state index contributed by atoms with van der Waals surface area (Å²) in [5.41, 5.74) is 9.27. The molecule has 14 rings (SSSR count). The lowest BCUT2D eigenvalue weighted by atomic mass is 10.0. The lowest BCUT2D eigenvalue weighted by Gasteiger charge is -2.35. The van der Waals surface area contributed by atoms with Crippen LogP contribution in [0, 0.1) is 0 Å². The molecule has 0 bridgehead atoms. The minimum absolute atomic E-state index is 0.806. The Bertz CT molecular complexity index is 4090. The minimum atomic E-state index is 0.806. The van der Waals surface area contributed by atoms with E-state index >= 15 is 0 Å². The molecule has 13 aromatic rings. The molecule has 0 amide bonds. The zero-order valence-corrected chi connectivity index (χ0v) is 38.2. The zero-order valence-electron chi connectivity index (χ0n) is 36.6. The summed E-state index contributed by atoms with van der Waals surface area (Å²) >= 11 is 3.69. The van der Waals surface area contributed by atoms with Crippen LogP contribution < -0.4 is 19.4 Å². The second-order valence-corrected chi connectivity index (χ2v) is 19.5. The first kappa shape index (κ1) is 38.8. The quantitative estimate of drug-likeness (QED) is 0.159. The molecule has 11 aromatic carbocycles. The minimum Gasteiger partial charge on any atom is -0.453 e. The second kappa shape index (κ2) is 15.6. The fourth-order valence-electron chi connectivity index (χ4n) is 10.2. The Morgan fingerprint density at radius 2 is 0.735 bits per heavy atom. The summed E-state index contributed by atoms with van der Waals surface area (Å²) in [5.74, 6) is 1.61. The smallest absolute Gasteiger partial charge is 0.151 e. The van der Waals surface area contributed by atoms with Gasteiger partial charge in [0, 0.05) is 63.1 Å². The molecule has 3 heterocycles. The van der Waals surface area contributed by atoms with Crippen molar-refractivity contribution in [1.29, 1.82) is 0 Å². The van der Waals surface area contributed by atoms with Crippen molar-refractivity contribution < 1.29 is 4.74 Å². The third kappa shape index (κ3) is 6.41. The molecule has 0 fully saturated rings. The van der Waals surface area contributed by atoms with Gasteiger partial charge in [-0.3, -0.25) is 0 Å². The number of hydrogen-bond acceptors (Lipinski definition) is 6. The lowest BCUT2D eigenvalue weighted by molar-refractivity contribution is 0.477.